The summed E-state index contributed by atoms with van der Waals surface area (Å²) < 4.78 is 24.2. The van der Waals surface area contributed by atoms with Crippen LogP contribution < -0.4 is 5.32 Å². The number of pyridine rings is 1. The van der Waals surface area contributed by atoms with Crippen molar-refractivity contribution in [3.63, 3.8) is 0 Å². The predicted molar refractivity (Wildman–Crippen MR) is 73.8 cm³/mol. The number of halogens is 2. The summed E-state index contributed by atoms with van der Waals surface area (Å²) in [6.45, 7) is -0.787. The van der Waals surface area contributed by atoms with Gasteiger partial charge in [0.15, 0.2) is 5.78 Å². The molecule has 0 unspecified atom stereocenters. The van der Waals surface area contributed by atoms with Crippen molar-refractivity contribution in [3.05, 3.63) is 51.0 Å². The van der Waals surface area contributed by atoms with Crippen molar-refractivity contribution < 1.29 is 23.2 Å². The molecule has 5 nitrogen and oxygen atoms in total. The van der Waals surface area contributed by atoms with E-state index in [1.807, 2.05) is 5.32 Å². The van der Waals surface area contributed by atoms with Gasteiger partial charge >= 0.3 is 0 Å². The molecule has 0 bridgehead atoms. The summed E-state index contributed by atoms with van der Waals surface area (Å²) in [4.78, 5) is 40.4. The van der Waals surface area contributed by atoms with Gasteiger partial charge in [-0.3, -0.25) is 19.4 Å². The third-order valence-corrected chi connectivity index (χ3v) is 4.22. The minimum absolute atomic E-state index is 0.0418. The van der Waals surface area contributed by atoms with Gasteiger partial charge in [0.05, 0.1) is 21.9 Å². The quantitative estimate of drug-likeness (QED) is 0.799. The number of aromatic nitrogens is 1. The Morgan fingerprint density at radius 2 is 2.05 bits per heavy atom. The van der Waals surface area contributed by atoms with E-state index >= 15 is 0 Å². The van der Waals surface area contributed by atoms with Crippen LogP contribution in [-0.4, -0.2) is 35.4 Å². The van der Waals surface area contributed by atoms with Gasteiger partial charge in [0.25, 0.3) is 12.3 Å². The normalized spacial score (nSPS) is 13.0. The summed E-state index contributed by atoms with van der Waals surface area (Å²) in [7, 11) is 0. The fourth-order valence-corrected chi connectivity index (χ4v) is 3.13. The zero-order valence-electron chi connectivity index (χ0n) is 10.9. The van der Waals surface area contributed by atoms with Crippen molar-refractivity contribution in [2.24, 2.45) is 0 Å². The highest BCUT2D eigenvalue weighted by Gasteiger charge is 2.33. The molecule has 2 heterocycles. The van der Waals surface area contributed by atoms with E-state index in [1.54, 1.807) is 0 Å². The van der Waals surface area contributed by atoms with Crippen molar-refractivity contribution >= 4 is 28.8 Å². The minimum atomic E-state index is -2.67. The van der Waals surface area contributed by atoms with Crippen LogP contribution in [0.25, 0.3) is 0 Å². The first-order chi connectivity index (χ1) is 10.5. The Morgan fingerprint density at radius 3 is 2.77 bits per heavy atom. The van der Waals surface area contributed by atoms with E-state index in [1.165, 1.54) is 24.4 Å². The number of carbonyl (C=O) groups excluding carboxylic acids is 3. The van der Waals surface area contributed by atoms with E-state index in [-0.39, 0.29) is 26.6 Å². The summed E-state index contributed by atoms with van der Waals surface area (Å²) in [5.74, 6) is -1.58. The van der Waals surface area contributed by atoms with Crippen molar-refractivity contribution in [2.75, 3.05) is 6.54 Å². The van der Waals surface area contributed by atoms with E-state index in [9.17, 15) is 23.2 Å². The van der Waals surface area contributed by atoms with Crippen LogP contribution in [0, 0.1) is 0 Å². The Hall–Kier alpha value is -2.48. The second-order valence-electron chi connectivity index (χ2n) is 4.51. The van der Waals surface area contributed by atoms with E-state index < -0.39 is 30.4 Å². The fraction of sp³-hybridized carbons (Fsp3) is 0.143. The molecule has 112 valence electrons. The number of nitrogens with zero attached hydrogens (tertiary/aromatic N) is 1. The number of thiophene rings is 1. The van der Waals surface area contributed by atoms with Gasteiger partial charge in [0.2, 0.25) is 5.78 Å². The van der Waals surface area contributed by atoms with Crippen LogP contribution in [0.15, 0.2) is 24.4 Å². The number of fused-ring (bicyclic) bond motifs is 2. The largest absolute Gasteiger partial charge is 0.346 e. The van der Waals surface area contributed by atoms with E-state index in [4.69, 9.17) is 0 Å². The molecule has 0 aromatic carbocycles. The summed E-state index contributed by atoms with van der Waals surface area (Å²) in [6.07, 6.45) is -1.27. The van der Waals surface area contributed by atoms with E-state index in [2.05, 4.69) is 4.98 Å². The highest BCUT2D eigenvalue weighted by molar-refractivity contribution is 7.16. The first kappa shape index (κ1) is 14.5. The number of hydrogen-bond donors (Lipinski definition) is 1. The van der Waals surface area contributed by atoms with Gasteiger partial charge in [-0.15, -0.1) is 11.3 Å². The highest BCUT2D eigenvalue weighted by Crippen LogP contribution is 2.32. The van der Waals surface area contributed by atoms with E-state index in [0.29, 0.717) is 0 Å². The maximum absolute atomic E-state index is 12.3. The first-order valence-corrected chi connectivity index (χ1v) is 7.05. The minimum Gasteiger partial charge on any atom is -0.346 e. The predicted octanol–water partition coefficient (Wildman–Crippen LogP) is 1.91. The van der Waals surface area contributed by atoms with Gasteiger partial charge in [-0.05, 0) is 18.2 Å². The standard InChI is InChI=1S/C14H8F2N2O3S/c15-9(16)5-18-14(21)8-4-7-11(19)6-2-1-3-17-10(6)12(20)13(7)22-8/h1-4,9H,5H2,(H,18,21). The molecule has 2 aromatic heterocycles. The molecule has 0 saturated carbocycles. The van der Waals surface area contributed by atoms with Gasteiger partial charge in [0.1, 0.15) is 5.69 Å². The van der Waals surface area contributed by atoms with Crippen LogP contribution in [0.5, 0.6) is 0 Å². The number of hydrogen-bond acceptors (Lipinski definition) is 5. The van der Waals surface area contributed by atoms with Gasteiger partial charge in [-0.25, -0.2) is 8.78 Å². The Bertz CT molecular complexity index is 749. The van der Waals surface area contributed by atoms with Gasteiger partial charge in [-0.1, -0.05) is 0 Å². The van der Waals surface area contributed by atoms with Gasteiger partial charge in [0, 0.05) is 11.8 Å². The number of nitrogens with one attached hydrogen (secondary N) is 1. The Morgan fingerprint density at radius 1 is 1.27 bits per heavy atom. The van der Waals surface area contributed by atoms with Crippen LogP contribution >= 0.6 is 11.3 Å². The molecule has 2 aromatic rings. The van der Waals surface area contributed by atoms with Crippen molar-refractivity contribution in [1.82, 2.24) is 10.3 Å². The van der Waals surface area contributed by atoms with Crippen LogP contribution in [0.3, 0.4) is 0 Å². The molecule has 0 aliphatic heterocycles. The molecule has 1 amide bonds. The summed E-state index contributed by atoms with van der Waals surface area (Å²) >= 11 is 0.803. The molecule has 0 radical (unpaired) electrons. The molecule has 0 saturated heterocycles. The summed E-state index contributed by atoms with van der Waals surface area (Å²) in [5.41, 5.74) is 0.330. The lowest BCUT2D eigenvalue weighted by Gasteiger charge is -2.11. The molecule has 8 heteroatoms. The van der Waals surface area contributed by atoms with Crippen LogP contribution in [0.2, 0.25) is 0 Å². The summed E-state index contributed by atoms with van der Waals surface area (Å²) in [6, 6.07) is 4.29. The number of rotatable bonds is 3. The first-order valence-electron chi connectivity index (χ1n) is 6.23. The molecule has 0 fully saturated rings. The molecule has 0 spiro atoms. The number of ketones is 2. The Kier molecular flexibility index (Phi) is 3.53. The lowest BCUT2D eigenvalue weighted by Crippen LogP contribution is -2.27. The number of carbonyl (C=O) groups is 3. The molecule has 1 aliphatic rings. The molecular formula is C14H8F2N2O3S. The number of amides is 1. The molecular weight excluding hydrogens is 314 g/mol. The third-order valence-electron chi connectivity index (χ3n) is 3.09. The smallest absolute Gasteiger partial charge is 0.261 e. The lowest BCUT2D eigenvalue weighted by atomic mass is 9.93. The van der Waals surface area contributed by atoms with Crippen LogP contribution in [0.4, 0.5) is 8.78 Å². The Labute approximate surface area is 127 Å². The second kappa shape index (κ2) is 5.38. The topological polar surface area (TPSA) is 76.1 Å². The number of alkyl halides is 2. The SMILES string of the molecule is O=C(NCC(F)F)c1cc2c(s1)C(=O)c1ncccc1C2=O. The zero-order valence-corrected chi connectivity index (χ0v) is 11.7. The fourth-order valence-electron chi connectivity index (χ4n) is 2.12. The van der Waals surface area contributed by atoms with Crippen LogP contribution in [0.1, 0.15) is 41.0 Å². The highest BCUT2D eigenvalue weighted by atomic mass is 32.1. The second-order valence-corrected chi connectivity index (χ2v) is 5.56. The van der Waals surface area contributed by atoms with Crippen molar-refractivity contribution in [2.45, 2.75) is 6.43 Å². The molecule has 3 rings (SSSR count). The Balaban J connectivity index is 1.97. The average molecular weight is 322 g/mol. The van der Waals surface area contributed by atoms with Gasteiger partial charge in [-0.2, -0.15) is 0 Å². The molecule has 0 atom stereocenters. The van der Waals surface area contributed by atoms with Crippen LogP contribution in [-0.2, 0) is 0 Å². The van der Waals surface area contributed by atoms with Crippen molar-refractivity contribution in [3.8, 4) is 0 Å². The maximum atomic E-state index is 12.3. The lowest BCUT2D eigenvalue weighted by molar-refractivity contribution is 0.0895. The van der Waals surface area contributed by atoms with Crippen molar-refractivity contribution in [1.29, 1.82) is 0 Å². The molecule has 1 N–H and O–H groups in total. The molecule has 1 aliphatic carbocycles. The monoisotopic (exact) mass is 322 g/mol. The third kappa shape index (κ3) is 2.31. The van der Waals surface area contributed by atoms with E-state index in [0.717, 1.165) is 11.3 Å². The zero-order chi connectivity index (χ0) is 15.9. The molecule has 22 heavy (non-hydrogen) atoms. The maximum Gasteiger partial charge on any atom is 0.261 e. The summed E-state index contributed by atoms with van der Waals surface area (Å²) in [5, 5.41) is 2.04. The average Bonchev–Trinajstić information content (AvgIpc) is 2.96. The van der Waals surface area contributed by atoms with Gasteiger partial charge < -0.3 is 5.32 Å².